The van der Waals surface area contributed by atoms with Crippen molar-refractivity contribution in [2.75, 3.05) is 13.7 Å². The van der Waals surface area contributed by atoms with Crippen LogP contribution in [0.4, 0.5) is 4.39 Å². The summed E-state index contributed by atoms with van der Waals surface area (Å²) in [7, 11) is 1.56. The van der Waals surface area contributed by atoms with Gasteiger partial charge in [0.15, 0.2) is 0 Å². The highest BCUT2D eigenvalue weighted by Gasteiger charge is 2.13. The molecule has 0 spiro atoms. The quantitative estimate of drug-likeness (QED) is 0.924. The van der Waals surface area contributed by atoms with Crippen LogP contribution < -0.4 is 5.32 Å². The third-order valence-electron chi connectivity index (χ3n) is 2.15. The third kappa shape index (κ3) is 3.28. The van der Waals surface area contributed by atoms with Gasteiger partial charge >= 0.3 is 0 Å². The molecular formula is C11H13BrFNO2. The zero-order valence-corrected chi connectivity index (χ0v) is 10.7. The van der Waals surface area contributed by atoms with Crippen LogP contribution in [0.1, 0.15) is 17.3 Å². The summed E-state index contributed by atoms with van der Waals surface area (Å²) in [4.78, 5) is 11.7. The molecule has 1 N–H and O–H groups in total. The third-order valence-corrected chi connectivity index (χ3v) is 2.95. The van der Waals surface area contributed by atoms with Crippen molar-refractivity contribution in [3.05, 3.63) is 34.1 Å². The molecule has 0 aliphatic heterocycles. The molecule has 0 heterocycles. The molecule has 0 bridgehead atoms. The van der Waals surface area contributed by atoms with E-state index in [1.807, 2.05) is 6.92 Å². The average Bonchev–Trinajstić information content (AvgIpc) is 2.29. The number of methoxy groups -OCH3 is 1. The predicted molar refractivity (Wildman–Crippen MR) is 62.9 cm³/mol. The lowest BCUT2D eigenvalue weighted by Crippen LogP contribution is -2.31. The van der Waals surface area contributed by atoms with Crippen LogP contribution in [-0.2, 0) is 4.74 Å². The van der Waals surface area contributed by atoms with Crippen LogP contribution in [0, 0.1) is 5.82 Å². The van der Waals surface area contributed by atoms with Crippen molar-refractivity contribution >= 4 is 21.8 Å². The van der Waals surface area contributed by atoms with Crippen molar-refractivity contribution in [3.63, 3.8) is 0 Å². The fraction of sp³-hybridized carbons (Fsp3) is 0.364. The minimum Gasteiger partial charge on any atom is -0.380 e. The second-order valence-corrected chi connectivity index (χ2v) is 4.15. The van der Waals surface area contributed by atoms with Gasteiger partial charge in [-0.2, -0.15) is 0 Å². The maximum absolute atomic E-state index is 13.2. The molecule has 1 aromatic carbocycles. The summed E-state index contributed by atoms with van der Waals surface area (Å²) in [5.41, 5.74) is 0.281. The Bertz CT molecular complexity index is 384. The van der Waals surface area contributed by atoms with Crippen molar-refractivity contribution in [2.24, 2.45) is 0 Å². The summed E-state index contributed by atoms with van der Waals surface area (Å²) >= 11 is 3.04. The first-order chi connectivity index (χ1) is 7.56. The molecule has 0 radical (unpaired) electrons. The second-order valence-electron chi connectivity index (χ2n) is 3.36. The molecule has 1 amide bonds. The topological polar surface area (TPSA) is 38.3 Å². The van der Waals surface area contributed by atoms with E-state index in [4.69, 9.17) is 4.74 Å². The highest BCUT2D eigenvalue weighted by molar-refractivity contribution is 9.10. The lowest BCUT2D eigenvalue weighted by Gasteiger charge is -2.11. The van der Waals surface area contributed by atoms with E-state index in [-0.39, 0.29) is 22.0 Å². The lowest BCUT2D eigenvalue weighted by molar-refractivity contribution is 0.0869. The molecule has 1 atom stereocenters. The van der Waals surface area contributed by atoms with Gasteiger partial charge in [0, 0.05) is 13.7 Å². The maximum Gasteiger partial charge on any atom is 0.252 e. The minimum absolute atomic E-state index is 0.0729. The fourth-order valence-corrected chi connectivity index (χ4v) is 1.54. The van der Waals surface area contributed by atoms with Gasteiger partial charge in [0.05, 0.1) is 16.1 Å². The zero-order valence-electron chi connectivity index (χ0n) is 9.09. The van der Waals surface area contributed by atoms with Crippen molar-refractivity contribution < 1.29 is 13.9 Å². The summed E-state index contributed by atoms with van der Waals surface area (Å²) in [5.74, 6) is -0.775. The summed E-state index contributed by atoms with van der Waals surface area (Å²) in [5, 5.41) is 2.66. The average molecular weight is 290 g/mol. The van der Waals surface area contributed by atoms with Gasteiger partial charge in [0.1, 0.15) is 5.82 Å². The Morgan fingerprint density at radius 2 is 2.31 bits per heavy atom. The van der Waals surface area contributed by atoms with Crippen LogP contribution in [-0.4, -0.2) is 25.7 Å². The monoisotopic (exact) mass is 289 g/mol. The lowest BCUT2D eigenvalue weighted by atomic mass is 10.2. The number of hydrogen-bond donors (Lipinski definition) is 1. The van der Waals surface area contributed by atoms with Gasteiger partial charge in [-0.15, -0.1) is 0 Å². The van der Waals surface area contributed by atoms with Crippen LogP contribution >= 0.6 is 15.9 Å². The van der Waals surface area contributed by atoms with Crippen LogP contribution in [0.3, 0.4) is 0 Å². The number of hydrogen-bond acceptors (Lipinski definition) is 2. The molecule has 3 nitrogen and oxygen atoms in total. The van der Waals surface area contributed by atoms with Gasteiger partial charge < -0.3 is 10.1 Å². The van der Waals surface area contributed by atoms with E-state index in [0.29, 0.717) is 6.54 Å². The SMILES string of the molecule is COC(C)CNC(=O)c1cccc(F)c1Br. The Morgan fingerprint density at radius 3 is 2.94 bits per heavy atom. The molecule has 1 aromatic rings. The summed E-state index contributed by atoms with van der Waals surface area (Å²) < 4.78 is 18.3. The van der Waals surface area contributed by atoms with Gasteiger partial charge in [0.2, 0.25) is 0 Å². The van der Waals surface area contributed by atoms with E-state index in [9.17, 15) is 9.18 Å². The maximum atomic E-state index is 13.2. The summed E-state index contributed by atoms with van der Waals surface area (Å²) in [6.07, 6.45) is -0.0729. The van der Waals surface area contributed by atoms with E-state index in [0.717, 1.165) is 0 Å². The van der Waals surface area contributed by atoms with Crippen molar-refractivity contribution in [1.29, 1.82) is 0 Å². The molecule has 0 aliphatic carbocycles. The van der Waals surface area contributed by atoms with Crippen LogP contribution in [0.15, 0.2) is 22.7 Å². The predicted octanol–water partition coefficient (Wildman–Crippen LogP) is 2.35. The Kier molecular flexibility index (Phi) is 4.89. The van der Waals surface area contributed by atoms with Crippen molar-refractivity contribution in [2.45, 2.75) is 13.0 Å². The van der Waals surface area contributed by atoms with E-state index in [1.165, 1.54) is 12.1 Å². The smallest absolute Gasteiger partial charge is 0.252 e. The van der Waals surface area contributed by atoms with E-state index in [2.05, 4.69) is 21.2 Å². The summed E-state index contributed by atoms with van der Waals surface area (Å²) in [6.45, 7) is 2.22. The second kappa shape index (κ2) is 5.96. The van der Waals surface area contributed by atoms with Crippen LogP contribution in [0.25, 0.3) is 0 Å². The fourth-order valence-electron chi connectivity index (χ4n) is 1.09. The molecule has 88 valence electrons. The Hall–Kier alpha value is -0.940. The number of rotatable bonds is 4. The molecule has 16 heavy (non-hydrogen) atoms. The van der Waals surface area contributed by atoms with E-state index >= 15 is 0 Å². The highest BCUT2D eigenvalue weighted by atomic mass is 79.9. The molecule has 1 rings (SSSR count). The number of carbonyl (C=O) groups excluding carboxylic acids is 1. The zero-order chi connectivity index (χ0) is 12.1. The molecule has 5 heteroatoms. The Labute approximate surface area is 102 Å². The normalized spacial score (nSPS) is 12.2. The molecule has 0 aromatic heterocycles. The van der Waals surface area contributed by atoms with E-state index in [1.54, 1.807) is 13.2 Å². The Balaban J connectivity index is 2.70. The number of carbonyl (C=O) groups is 1. The molecule has 0 aliphatic rings. The van der Waals surface area contributed by atoms with Crippen LogP contribution in [0.5, 0.6) is 0 Å². The standard InChI is InChI=1S/C11H13BrFNO2/c1-7(16-2)6-14-11(15)8-4-3-5-9(13)10(8)12/h3-5,7H,6H2,1-2H3,(H,14,15). The number of halogens is 2. The van der Waals surface area contributed by atoms with E-state index < -0.39 is 5.82 Å². The van der Waals surface area contributed by atoms with Crippen molar-refractivity contribution in [3.8, 4) is 0 Å². The highest BCUT2D eigenvalue weighted by Crippen LogP contribution is 2.20. The number of amides is 1. The first kappa shape index (κ1) is 13.1. The van der Waals surface area contributed by atoms with Gasteiger partial charge in [-0.05, 0) is 35.0 Å². The largest absolute Gasteiger partial charge is 0.380 e. The molecular weight excluding hydrogens is 277 g/mol. The Morgan fingerprint density at radius 1 is 1.62 bits per heavy atom. The molecule has 0 saturated heterocycles. The summed E-state index contributed by atoms with van der Waals surface area (Å²) in [6, 6.07) is 4.34. The molecule has 0 saturated carbocycles. The number of nitrogens with one attached hydrogen (secondary N) is 1. The number of ether oxygens (including phenoxy) is 1. The molecule has 0 fully saturated rings. The number of benzene rings is 1. The van der Waals surface area contributed by atoms with Crippen LogP contribution in [0.2, 0.25) is 0 Å². The first-order valence-electron chi connectivity index (χ1n) is 4.81. The van der Waals surface area contributed by atoms with Crippen molar-refractivity contribution in [1.82, 2.24) is 5.32 Å². The van der Waals surface area contributed by atoms with Gasteiger partial charge in [-0.3, -0.25) is 4.79 Å². The van der Waals surface area contributed by atoms with Gasteiger partial charge in [0.25, 0.3) is 5.91 Å². The first-order valence-corrected chi connectivity index (χ1v) is 5.60. The van der Waals surface area contributed by atoms with Gasteiger partial charge in [-0.25, -0.2) is 4.39 Å². The van der Waals surface area contributed by atoms with Gasteiger partial charge in [-0.1, -0.05) is 6.07 Å². The minimum atomic E-state index is -0.451. The molecule has 1 unspecified atom stereocenters.